The van der Waals surface area contributed by atoms with E-state index in [2.05, 4.69) is 19.2 Å². The number of rotatable bonds is 3. The number of hydrogen-bond donors (Lipinski definition) is 1. The van der Waals surface area contributed by atoms with Crippen LogP contribution in [-0.2, 0) is 4.74 Å². The van der Waals surface area contributed by atoms with Crippen molar-refractivity contribution >= 4 is 6.09 Å². The van der Waals surface area contributed by atoms with Crippen LogP contribution in [0.15, 0.2) is 0 Å². The molecule has 1 aliphatic carbocycles. The second kappa shape index (κ2) is 7.87. The summed E-state index contributed by atoms with van der Waals surface area (Å²) in [4.78, 5) is 14.0. The van der Waals surface area contributed by atoms with Gasteiger partial charge in [0.1, 0.15) is 5.60 Å². The van der Waals surface area contributed by atoms with Crippen LogP contribution >= 0.6 is 0 Å². The van der Waals surface area contributed by atoms with E-state index in [0.29, 0.717) is 12.0 Å². The van der Waals surface area contributed by atoms with E-state index in [-0.39, 0.29) is 6.09 Å². The molecular weight excluding hydrogens is 288 g/mol. The molecule has 0 spiro atoms. The minimum atomic E-state index is -0.399. The average molecular weight is 325 g/mol. The van der Waals surface area contributed by atoms with Crippen molar-refractivity contribution in [2.24, 2.45) is 17.8 Å². The zero-order chi connectivity index (χ0) is 17.0. The zero-order valence-corrected chi connectivity index (χ0v) is 15.7. The van der Waals surface area contributed by atoms with Crippen molar-refractivity contribution in [3.63, 3.8) is 0 Å². The van der Waals surface area contributed by atoms with Crippen LogP contribution < -0.4 is 5.32 Å². The molecule has 134 valence electrons. The number of carbonyl (C=O) groups excluding carboxylic acids is 1. The number of nitrogens with zero attached hydrogens (tertiary/aromatic N) is 1. The Hall–Kier alpha value is -0.770. The largest absolute Gasteiger partial charge is 0.444 e. The molecule has 2 fully saturated rings. The summed E-state index contributed by atoms with van der Waals surface area (Å²) in [6.45, 7) is 13.3. The summed E-state index contributed by atoms with van der Waals surface area (Å²) < 4.78 is 5.46. The summed E-state index contributed by atoms with van der Waals surface area (Å²) >= 11 is 0. The van der Waals surface area contributed by atoms with Crippen LogP contribution in [0.3, 0.4) is 0 Å². The van der Waals surface area contributed by atoms with Crippen molar-refractivity contribution in [3.8, 4) is 0 Å². The molecule has 2 rings (SSSR count). The fourth-order valence-electron chi connectivity index (χ4n) is 4.09. The summed E-state index contributed by atoms with van der Waals surface area (Å²) in [5, 5.41) is 3.80. The predicted octanol–water partition coefficient (Wildman–Crippen LogP) is 4.05. The molecule has 0 aromatic carbocycles. The van der Waals surface area contributed by atoms with Gasteiger partial charge in [-0.2, -0.15) is 0 Å². The Morgan fingerprint density at radius 3 is 2.17 bits per heavy atom. The van der Waals surface area contributed by atoms with Crippen molar-refractivity contribution < 1.29 is 9.53 Å². The Bertz CT molecular complexity index is 373. The molecule has 0 radical (unpaired) electrons. The van der Waals surface area contributed by atoms with Crippen molar-refractivity contribution in [2.45, 2.75) is 78.4 Å². The maximum absolute atomic E-state index is 12.1. The Morgan fingerprint density at radius 2 is 1.65 bits per heavy atom. The normalized spacial score (nSPS) is 30.3. The van der Waals surface area contributed by atoms with E-state index >= 15 is 0 Å². The third kappa shape index (κ3) is 6.33. The summed E-state index contributed by atoms with van der Waals surface area (Å²) in [5.74, 6) is 2.40. The Labute approximate surface area is 142 Å². The van der Waals surface area contributed by atoms with Gasteiger partial charge < -0.3 is 15.0 Å². The van der Waals surface area contributed by atoms with Gasteiger partial charge in [0.2, 0.25) is 0 Å². The first-order valence-electron chi connectivity index (χ1n) is 9.44. The highest BCUT2D eigenvalue weighted by Crippen LogP contribution is 2.29. The molecule has 1 N–H and O–H groups in total. The molecule has 23 heavy (non-hydrogen) atoms. The molecule has 4 nitrogen and oxygen atoms in total. The molecule has 4 heteroatoms. The number of nitrogens with one attached hydrogen (secondary N) is 1. The monoisotopic (exact) mass is 324 g/mol. The Kier molecular flexibility index (Phi) is 6.35. The third-order valence-electron chi connectivity index (χ3n) is 5.14. The Morgan fingerprint density at radius 1 is 1.09 bits per heavy atom. The molecule has 1 amide bonds. The number of carbonyl (C=O) groups is 1. The third-order valence-corrected chi connectivity index (χ3v) is 5.14. The van der Waals surface area contributed by atoms with Crippen LogP contribution in [0.4, 0.5) is 4.79 Å². The molecule has 2 unspecified atom stereocenters. The molecule has 2 atom stereocenters. The SMILES string of the molecule is CC1CC(C)CC(NCC2CCN(C(=O)OC(C)(C)C)CC2)C1. The number of amides is 1. The van der Waals surface area contributed by atoms with Crippen molar-refractivity contribution in [1.82, 2.24) is 10.2 Å². The van der Waals surface area contributed by atoms with E-state index < -0.39 is 5.60 Å². The van der Waals surface area contributed by atoms with E-state index in [4.69, 9.17) is 4.74 Å². The number of likely N-dealkylation sites (tertiary alicyclic amines) is 1. The molecule has 0 aromatic rings. The minimum absolute atomic E-state index is 0.154. The molecule has 0 aromatic heterocycles. The maximum atomic E-state index is 12.1. The maximum Gasteiger partial charge on any atom is 0.410 e. The van der Waals surface area contributed by atoms with Crippen LogP contribution in [0.2, 0.25) is 0 Å². The minimum Gasteiger partial charge on any atom is -0.444 e. The van der Waals surface area contributed by atoms with Crippen molar-refractivity contribution in [3.05, 3.63) is 0 Å². The van der Waals surface area contributed by atoms with Gasteiger partial charge in [0.05, 0.1) is 0 Å². The van der Waals surface area contributed by atoms with E-state index in [1.165, 1.54) is 19.3 Å². The van der Waals surface area contributed by atoms with E-state index in [1.807, 2.05) is 25.7 Å². The van der Waals surface area contributed by atoms with Gasteiger partial charge >= 0.3 is 6.09 Å². The van der Waals surface area contributed by atoms with Crippen LogP contribution in [0.1, 0.15) is 66.7 Å². The van der Waals surface area contributed by atoms with Crippen LogP contribution in [0.25, 0.3) is 0 Å². The van der Waals surface area contributed by atoms with Gasteiger partial charge in [-0.1, -0.05) is 13.8 Å². The van der Waals surface area contributed by atoms with Gasteiger partial charge in [-0.05, 0) is 77.2 Å². The first kappa shape index (κ1) is 18.6. The first-order chi connectivity index (χ1) is 10.7. The molecule has 0 bridgehead atoms. The lowest BCUT2D eigenvalue weighted by molar-refractivity contribution is 0.0182. The molecular formula is C19H36N2O2. The van der Waals surface area contributed by atoms with Gasteiger partial charge in [-0.15, -0.1) is 0 Å². The van der Waals surface area contributed by atoms with Crippen molar-refractivity contribution in [2.75, 3.05) is 19.6 Å². The summed E-state index contributed by atoms with van der Waals surface area (Å²) in [6, 6.07) is 0.692. The topological polar surface area (TPSA) is 41.6 Å². The smallest absolute Gasteiger partial charge is 0.410 e. The average Bonchev–Trinajstić information content (AvgIpc) is 2.43. The summed E-state index contributed by atoms with van der Waals surface area (Å²) in [6.07, 6.45) is 6.04. The fraction of sp³-hybridized carbons (Fsp3) is 0.947. The van der Waals surface area contributed by atoms with Gasteiger partial charge in [0.25, 0.3) is 0 Å². The lowest BCUT2D eigenvalue weighted by atomic mass is 9.80. The van der Waals surface area contributed by atoms with E-state index in [1.54, 1.807) is 0 Å². The Balaban J connectivity index is 1.68. The highest BCUT2D eigenvalue weighted by Gasteiger charge is 2.28. The second-order valence-electron chi connectivity index (χ2n) is 8.93. The van der Waals surface area contributed by atoms with Crippen LogP contribution in [0, 0.1) is 17.8 Å². The first-order valence-corrected chi connectivity index (χ1v) is 9.44. The molecule has 1 saturated heterocycles. The molecule has 1 saturated carbocycles. The number of hydrogen-bond acceptors (Lipinski definition) is 3. The van der Waals surface area contributed by atoms with Gasteiger partial charge in [0, 0.05) is 19.1 Å². The van der Waals surface area contributed by atoms with Crippen LogP contribution in [-0.4, -0.2) is 42.3 Å². The fourth-order valence-corrected chi connectivity index (χ4v) is 4.09. The lowest BCUT2D eigenvalue weighted by Crippen LogP contribution is -2.45. The lowest BCUT2D eigenvalue weighted by Gasteiger charge is -2.36. The van der Waals surface area contributed by atoms with Gasteiger partial charge in [-0.3, -0.25) is 0 Å². The number of ether oxygens (including phenoxy) is 1. The predicted molar refractivity (Wildman–Crippen MR) is 94.5 cm³/mol. The highest BCUT2D eigenvalue weighted by atomic mass is 16.6. The van der Waals surface area contributed by atoms with Gasteiger partial charge in [0.15, 0.2) is 0 Å². The standard InChI is InChI=1S/C19H36N2O2/c1-14-10-15(2)12-17(11-14)20-13-16-6-8-21(9-7-16)18(22)23-19(3,4)5/h14-17,20H,6-13H2,1-5H3. The van der Waals surface area contributed by atoms with Crippen molar-refractivity contribution in [1.29, 1.82) is 0 Å². The zero-order valence-electron chi connectivity index (χ0n) is 15.7. The quantitative estimate of drug-likeness (QED) is 0.851. The van der Waals surface area contributed by atoms with Crippen LogP contribution in [0.5, 0.6) is 0 Å². The van der Waals surface area contributed by atoms with E-state index in [9.17, 15) is 4.79 Å². The molecule has 2 aliphatic rings. The number of piperidine rings is 1. The second-order valence-corrected chi connectivity index (χ2v) is 8.93. The molecule has 1 aliphatic heterocycles. The highest BCUT2D eigenvalue weighted by molar-refractivity contribution is 5.68. The summed E-state index contributed by atoms with van der Waals surface area (Å²) in [7, 11) is 0. The summed E-state index contributed by atoms with van der Waals surface area (Å²) in [5.41, 5.74) is -0.399. The molecule has 1 heterocycles. The van der Waals surface area contributed by atoms with Gasteiger partial charge in [-0.25, -0.2) is 4.79 Å². The van der Waals surface area contributed by atoms with E-state index in [0.717, 1.165) is 44.3 Å².